The number of nitrogens with zero attached hydrogens (tertiary/aromatic N) is 2. The maximum Gasteiger partial charge on any atom is 0.393 e. The Bertz CT molecular complexity index is 762. The van der Waals surface area contributed by atoms with Gasteiger partial charge in [-0.2, -0.15) is 13.2 Å². The standard InChI is InChI=1S/C20H23F3N2O2/c21-20(22,23)16-5-2-8-24(12-16)19(27)15-10-18(26)25(11-15)17-7-6-13-3-1-4-14(13)9-17/h6-7,9,15-16H,1-5,8,10-12H2/t15-,16-/m0/s1. The first kappa shape index (κ1) is 18.3. The van der Waals surface area contributed by atoms with Crippen LogP contribution in [0.15, 0.2) is 18.2 Å². The fourth-order valence-corrected chi connectivity index (χ4v) is 4.55. The molecule has 0 bridgehead atoms. The number of carbonyl (C=O) groups excluding carboxylic acids is 2. The van der Waals surface area contributed by atoms with Crippen molar-refractivity contribution in [2.45, 2.75) is 44.7 Å². The van der Waals surface area contributed by atoms with Crippen LogP contribution in [-0.4, -0.2) is 42.5 Å². The van der Waals surface area contributed by atoms with Gasteiger partial charge >= 0.3 is 6.18 Å². The summed E-state index contributed by atoms with van der Waals surface area (Å²) in [7, 11) is 0. The number of amides is 2. The fraction of sp³-hybridized carbons (Fsp3) is 0.600. The molecule has 27 heavy (non-hydrogen) atoms. The Kier molecular flexibility index (Phi) is 4.64. The highest BCUT2D eigenvalue weighted by Gasteiger charge is 2.45. The van der Waals surface area contributed by atoms with E-state index in [4.69, 9.17) is 0 Å². The molecule has 1 aromatic carbocycles. The summed E-state index contributed by atoms with van der Waals surface area (Å²) in [6.07, 6.45) is -0.614. The first-order valence-corrected chi connectivity index (χ1v) is 9.60. The number of hydrogen-bond donors (Lipinski definition) is 0. The minimum atomic E-state index is -4.28. The predicted molar refractivity (Wildman–Crippen MR) is 94.3 cm³/mol. The molecule has 146 valence electrons. The Hall–Kier alpha value is -2.05. The second-order valence-electron chi connectivity index (χ2n) is 7.88. The Morgan fingerprint density at radius 3 is 2.63 bits per heavy atom. The van der Waals surface area contributed by atoms with Crippen molar-refractivity contribution in [2.24, 2.45) is 11.8 Å². The van der Waals surface area contributed by atoms with Crippen molar-refractivity contribution in [3.8, 4) is 0 Å². The number of likely N-dealkylation sites (tertiary alicyclic amines) is 1. The van der Waals surface area contributed by atoms with E-state index in [1.165, 1.54) is 16.0 Å². The van der Waals surface area contributed by atoms with Gasteiger partial charge in [-0.05, 0) is 55.4 Å². The van der Waals surface area contributed by atoms with Crippen LogP contribution < -0.4 is 4.90 Å². The molecule has 2 amide bonds. The maximum absolute atomic E-state index is 13.0. The van der Waals surface area contributed by atoms with Crippen LogP contribution in [0.5, 0.6) is 0 Å². The van der Waals surface area contributed by atoms with Gasteiger partial charge in [0.2, 0.25) is 11.8 Å². The minimum Gasteiger partial charge on any atom is -0.342 e. The van der Waals surface area contributed by atoms with E-state index in [0.29, 0.717) is 13.0 Å². The summed E-state index contributed by atoms with van der Waals surface area (Å²) in [6.45, 7) is 0.310. The molecule has 3 aliphatic rings. The molecular weight excluding hydrogens is 357 g/mol. The zero-order valence-corrected chi connectivity index (χ0v) is 15.1. The van der Waals surface area contributed by atoms with Crippen molar-refractivity contribution in [1.29, 1.82) is 0 Å². The molecule has 0 saturated carbocycles. The first-order valence-electron chi connectivity index (χ1n) is 9.60. The van der Waals surface area contributed by atoms with Crippen LogP contribution in [-0.2, 0) is 22.4 Å². The summed E-state index contributed by atoms with van der Waals surface area (Å²) in [5.41, 5.74) is 3.35. The quantitative estimate of drug-likeness (QED) is 0.790. The van der Waals surface area contributed by atoms with Crippen LogP contribution in [0.2, 0.25) is 0 Å². The van der Waals surface area contributed by atoms with Gasteiger partial charge in [-0.3, -0.25) is 9.59 Å². The third-order valence-electron chi connectivity index (χ3n) is 6.06. The highest BCUT2D eigenvalue weighted by Crippen LogP contribution is 2.35. The summed E-state index contributed by atoms with van der Waals surface area (Å²) < 4.78 is 39.0. The van der Waals surface area contributed by atoms with Crippen LogP contribution in [0.4, 0.5) is 18.9 Å². The van der Waals surface area contributed by atoms with E-state index in [0.717, 1.165) is 24.9 Å². The smallest absolute Gasteiger partial charge is 0.342 e. The molecule has 2 saturated heterocycles. The van der Waals surface area contributed by atoms with Crippen LogP contribution in [0.3, 0.4) is 0 Å². The van der Waals surface area contributed by atoms with E-state index < -0.39 is 18.0 Å². The van der Waals surface area contributed by atoms with Gasteiger partial charge in [-0.25, -0.2) is 0 Å². The third kappa shape index (κ3) is 3.56. The third-order valence-corrected chi connectivity index (χ3v) is 6.06. The lowest BCUT2D eigenvalue weighted by Crippen LogP contribution is -2.47. The number of anilines is 1. The van der Waals surface area contributed by atoms with Gasteiger partial charge in [0.15, 0.2) is 0 Å². The van der Waals surface area contributed by atoms with Crippen molar-refractivity contribution in [1.82, 2.24) is 4.90 Å². The Balaban J connectivity index is 1.45. The van der Waals surface area contributed by atoms with E-state index in [1.54, 1.807) is 4.90 Å². The summed E-state index contributed by atoms with van der Waals surface area (Å²) in [5, 5.41) is 0. The molecule has 0 spiro atoms. The number of carbonyl (C=O) groups is 2. The monoisotopic (exact) mass is 380 g/mol. The molecule has 0 N–H and O–H groups in total. The summed E-state index contributed by atoms with van der Waals surface area (Å²) in [6, 6.07) is 5.97. The molecule has 7 heteroatoms. The molecule has 2 aliphatic heterocycles. The second-order valence-corrected chi connectivity index (χ2v) is 7.88. The molecule has 1 aliphatic carbocycles. The normalized spacial score (nSPS) is 25.8. The molecule has 1 aromatic rings. The van der Waals surface area contributed by atoms with Gasteiger partial charge in [0.25, 0.3) is 0 Å². The fourth-order valence-electron chi connectivity index (χ4n) is 4.55. The largest absolute Gasteiger partial charge is 0.393 e. The van der Waals surface area contributed by atoms with Gasteiger partial charge in [-0.15, -0.1) is 0 Å². The lowest BCUT2D eigenvalue weighted by Gasteiger charge is -2.35. The van der Waals surface area contributed by atoms with E-state index in [-0.39, 0.29) is 37.7 Å². The average molecular weight is 380 g/mol. The molecule has 4 rings (SSSR count). The highest BCUT2D eigenvalue weighted by molar-refractivity contribution is 6.00. The average Bonchev–Trinajstić information content (AvgIpc) is 3.26. The van der Waals surface area contributed by atoms with E-state index >= 15 is 0 Å². The van der Waals surface area contributed by atoms with Crippen molar-refractivity contribution in [3.63, 3.8) is 0 Å². The predicted octanol–water partition coefficient (Wildman–Crippen LogP) is 3.33. The van der Waals surface area contributed by atoms with Gasteiger partial charge in [0.1, 0.15) is 0 Å². The van der Waals surface area contributed by atoms with Crippen molar-refractivity contribution in [2.75, 3.05) is 24.5 Å². The minimum absolute atomic E-state index is 0.0676. The van der Waals surface area contributed by atoms with Crippen molar-refractivity contribution < 1.29 is 22.8 Å². The number of alkyl halides is 3. The zero-order valence-electron chi connectivity index (χ0n) is 15.1. The number of halogens is 3. The van der Waals surface area contributed by atoms with Crippen molar-refractivity contribution >= 4 is 17.5 Å². The molecule has 4 nitrogen and oxygen atoms in total. The van der Waals surface area contributed by atoms with Crippen molar-refractivity contribution in [3.05, 3.63) is 29.3 Å². The lowest BCUT2D eigenvalue weighted by atomic mass is 9.96. The number of rotatable bonds is 2. The molecule has 2 fully saturated rings. The van der Waals surface area contributed by atoms with Crippen LogP contribution in [0.25, 0.3) is 0 Å². The Morgan fingerprint density at radius 2 is 1.85 bits per heavy atom. The van der Waals surface area contributed by atoms with E-state index in [1.807, 2.05) is 18.2 Å². The number of piperidine rings is 1. The van der Waals surface area contributed by atoms with Gasteiger partial charge in [0, 0.05) is 31.7 Å². The maximum atomic E-state index is 13.0. The highest BCUT2D eigenvalue weighted by atomic mass is 19.4. The Morgan fingerprint density at radius 1 is 1.07 bits per heavy atom. The van der Waals surface area contributed by atoms with Crippen LogP contribution >= 0.6 is 0 Å². The number of hydrogen-bond acceptors (Lipinski definition) is 2. The number of fused-ring (bicyclic) bond motifs is 1. The van der Waals surface area contributed by atoms with E-state index in [2.05, 4.69) is 0 Å². The van der Waals surface area contributed by atoms with Gasteiger partial charge < -0.3 is 9.80 Å². The Labute approximate surface area is 156 Å². The molecule has 2 heterocycles. The molecule has 0 aromatic heterocycles. The van der Waals surface area contributed by atoms with Gasteiger partial charge in [-0.1, -0.05) is 6.07 Å². The molecule has 0 unspecified atom stereocenters. The summed E-state index contributed by atoms with van der Waals surface area (Å²) in [5.74, 6) is -2.46. The van der Waals surface area contributed by atoms with Crippen LogP contribution in [0, 0.1) is 11.8 Å². The zero-order chi connectivity index (χ0) is 19.2. The summed E-state index contributed by atoms with van der Waals surface area (Å²) >= 11 is 0. The summed E-state index contributed by atoms with van der Waals surface area (Å²) in [4.78, 5) is 28.2. The number of benzene rings is 1. The number of aryl methyl sites for hydroxylation is 2. The SMILES string of the molecule is O=C([C@H]1CC(=O)N(c2ccc3c(c2)CCC3)C1)N1CCC[C@H](C(F)(F)F)C1. The molecule has 2 atom stereocenters. The molecule has 0 radical (unpaired) electrons. The topological polar surface area (TPSA) is 40.6 Å². The first-order chi connectivity index (χ1) is 12.8. The van der Waals surface area contributed by atoms with Crippen LogP contribution in [0.1, 0.15) is 36.8 Å². The van der Waals surface area contributed by atoms with Gasteiger partial charge in [0.05, 0.1) is 11.8 Å². The second kappa shape index (κ2) is 6.84. The van der Waals surface area contributed by atoms with E-state index in [9.17, 15) is 22.8 Å². The lowest BCUT2D eigenvalue weighted by molar-refractivity contribution is -0.188. The molecular formula is C20H23F3N2O2.